The Hall–Kier alpha value is -0.370. The molecule has 1 saturated heterocycles. The smallest absolute Gasteiger partial charge is 0.135 e. The topological polar surface area (TPSA) is 29.1 Å². The number of Topliss-reactive ketones (excluding diaryl/α,β-unsaturated/α-hetero) is 1. The number of carbonyl (C=O) groups excluding carboxylic acids is 1. The highest BCUT2D eigenvalue weighted by Gasteiger charge is 2.04. The maximum atomic E-state index is 11.4. The van der Waals surface area contributed by atoms with Crippen molar-refractivity contribution in [1.82, 2.24) is 5.31 Å². The van der Waals surface area contributed by atoms with E-state index in [1.54, 1.807) is 0 Å². The Bertz CT molecular complexity index is 307. The molecule has 0 aliphatic carbocycles. The van der Waals surface area contributed by atoms with E-state index in [0.29, 0.717) is 0 Å². The van der Waals surface area contributed by atoms with Gasteiger partial charge < -0.3 is 5.31 Å². The van der Waals surface area contributed by atoms with Crippen LogP contribution in [0.5, 0.6) is 0 Å². The lowest BCUT2D eigenvalue weighted by atomic mass is 10.1. The van der Waals surface area contributed by atoms with Crippen LogP contribution in [0.3, 0.4) is 0 Å². The molecular formula is C5H9NO. The van der Waals surface area contributed by atoms with Crippen LogP contribution in [-0.4, -0.2) is 18.8 Å². The van der Waals surface area contributed by atoms with Crippen LogP contribution in [0.25, 0.3) is 0 Å². The summed E-state index contributed by atoms with van der Waals surface area (Å²) in [6, 6.07) is 0. The van der Waals surface area contributed by atoms with E-state index in [-0.39, 0.29) is 0 Å². The van der Waals surface area contributed by atoms with E-state index in [4.69, 9.17) is 12.4 Å². The molecule has 1 aliphatic heterocycles. The molecule has 0 atom stereocenters. The summed E-state index contributed by atoms with van der Waals surface area (Å²) in [5.41, 5.74) is 0. The standard InChI is InChI=1S/C5H9NO/c7-5-1-3-6-4-2-5/h6H,1-4H2/i1D2,2D2,3D2,4D2/hD. The van der Waals surface area contributed by atoms with E-state index in [2.05, 4.69) is 0 Å². The fraction of sp³-hybridized carbons (Fsp3) is 0.800. The van der Waals surface area contributed by atoms with E-state index >= 15 is 0 Å². The van der Waals surface area contributed by atoms with Gasteiger partial charge in [0.2, 0.25) is 0 Å². The van der Waals surface area contributed by atoms with Crippen molar-refractivity contribution < 1.29 is 17.2 Å². The number of carbonyl (C=O) groups is 1. The minimum atomic E-state index is -3.29. The van der Waals surface area contributed by atoms with Gasteiger partial charge in [-0.2, -0.15) is 0 Å². The molecule has 1 N–H and O–H groups in total. The van der Waals surface area contributed by atoms with Crippen LogP contribution in [0, 0.1) is 0 Å². The van der Waals surface area contributed by atoms with Crippen molar-refractivity contribution in [3.63, 3.8) is 0 Å². The van der Waals surface area contributed by atoms with Gasteiger partial charge in [0.15, 0.2) is 0 Å². The Morgan fingerprint density at radius 3 is 2.86 bits per heavy atom. The van der Waals surface area contributed by atoms with Gasteiger partial charge in [-0.3, -0.25) is 4.79 Å². The first-order chi connectivity index (χ1) is 6.81. The van der Waals surface area contributed by atoms with Crippen molar-refractivity contribution >= 4 is 5.78 Å². The summed E-state index contributed by atoms with van der Waals surface area (Å²) in [5, 5.41) is -0.471. The second-order valence-electron chi connectivity index (χ2n) is 0.915. The van der Waals surface area contributed by atoms with E-state index in [1.807, 2.05) is 0 Å². The van der Waals surface area contributed by atoms with Crippen LogP contribution in [0.4, 0.5) is 0 Å². The van der Waals surface area contributed by atoms with Gasteiger partial charge >= 0.3 is 0 Å². The Morgan fingerprint density at radius 2 is 2.29 bits per heavy atom. The highest BCUT2D eigenvalue weighted by atomic mass is 16.1. The highest BCUT2D eigenvalue weighted by molar-refractivity contribution is 5.79. The summed E-state index contributed by atoms with van der Waals surface area (Å²) in [6.07, 6.45) is -6.58. The van der Waals surface area contributed by atoms with Crippen molar-refractivity contribution in [2.24, 2.45) is 0 Å². The van der Waals surface area contributed by atoms with Crippen molar-refractivity contribution in [2.75, 3.05) is 13.0 Å². The summed E-state index contributed by atoms with van der Waals surface area (Å²) < 4.78 is 64.6. The molecule has 0 aromatic heterocycles. The summed E-state index contributed by atoms with van der Waals surface area (Å²) >= 11 is 0. The normalized spacial score (nSPS) is 73.1. The second kappa shape index (κ2) is 2.07. The third-order valence-corrected chi connectivity index (χ3v) is 0.451. The van der Waals surface area contributed by atoms with Crippen molar-refractivity contribution in [3.05, 3.63) is 0 Å². The van der Waals surface area contributed by atoms with E-state index in [9.17, 15) is 4.79 Å². The predicted molar refractivity (Wildman–Crippen MR) is 27.1 cm³/mol. The molecular weight excluding hydrogens is 90.1 g/mol. The molecule has 40 valence electrons. The van der Waals surface area contributed by atoms with Crippen molar-refractivity contribution in [3.8, 4) is 0 Å². The highest BCUT2D eigenvalue weighted by Crippen LogP contribution is 1.91. The Labute approximate surface area is 55.6 Å². The van der Waals surface area contributed by atoms with Gasteiger partial charge in [0.1, 0.15) is 7.20 Å². The average molecular weight is 108 g/mol. The van der Waals surface area contributed by atoms with Gasteiger partial charge in [0, 0.05) is 36.7 Å². The summed E-state index contributed by atoms with van der Waals surface area (Å²) in [7, 11) is 0. The maximum Gasteiger partial charge on any atom is 0.135 e. The molecule has 0 bridgehead atoms. The fourth-order valence-electron chi connectivity index (χ4n) is 0.217. The van der Waals surface area contributed by atoms with Crippen LogP contribution < -0.4 is 5.31 Å². The number of hydrogen-bond acceptors (Lipinski definition) is 2. The number of piperidine rings is 1. The molecule has 1 heterocycles. The Morgan fingerprint density at radius 1 is 1.71 bits per heavy atom. The van der Waals surface area contributed by atoms with Gasteiger partial charge in [-0.15, -0.1) is 0 Å². The van der Waals surface area contributed by atoms with E-state index < -0.39 is 36.8 Å². The minimum Gasteiger partial charge on any atom is -0.316 e. The lowest BCUT2D eigenvalue weighted by Crippen LogP contribution is -2.27. The van der Waals surface area contributed by atoms with Crippen molar-refractivity contribution in [2.45, 2.75) is 12.7 Å². The molecule has 0 aromatic rings. The molecule has 0 unspecified atom stereocenters. The molecule has 0 amide bonds. The lowest BCUT2D eigenvalue weighted by Gasteiger charge is -2.08. The third kappa shape index (κ3) is 1.27. The third-order valence-electron chi connectivity index (χ3n) is 0.451. The molecule has 0 radical (unpaired) electrons. The van der Waals surface area contributed by atoms with Gasteiger partial charge in [0.05, 0.1) is 0 Å². The van der Waals surface area contributed by atoms with E-state index in [0.717, 1.165) is 0 Å². The molecule has 1 aliphatic rings. The van der Waals surface area contributed by atoms with Crippen LogP contribution in [-0.2, 0) is 4.79 Å². The number of nitrogens with one attached hydrogen (secondary N) is 1. The predicted octanol–water partition coefficient (Wildman–Crippen LogP) is -0.0611. The maximum absolute atomic E-state index is 11.4. The first-order valence-electron chi connectivity index (χ1n) is 6.10. The first kappa shape index (κ1) is 0.860. The lowest BCUT2D eigenvalue weighted by molar-refractivity contribution is -0.119. The zero-order valence-electron chi connectivity index (χ0n) is 12.4. The Kier molecular flexibility index (Phi) is 0.255. The fourth-order valence-corrected chi connectivity index (χ4v) is 0.217. The number of rotatable bonds is 0. The van der Waals surface area contributed by atoms with Crippen LogP contribution in [0.1, 0.15) is 23.7 Å². The molecule has 7 heavy (non-hydrogen) atoms. The molecule has 1 rings (SSSR count). The molecule has 0 saturated carbocycles. The second-order valence-corrected chi connectivity index (χ2v) is 0.915. The molecule has 0 aromatic carbocycles. The summed E-state index contributed by atoms with van der Waals surface area (Å²) in [5.74, 6) is -1.83. The largest absolute Gasteiger partial charge is 0.316 e. The first-order valence-corrected chi connectivity index (χ1v) is 1.65. The van der Waals surface area contributed by atoms with Crippen LogP contribution in [0.2, 0.25) is 1.41 Å². The summed E-state index contributed by atoms with van der Waals surface area (Å²) in [4.78, 5) is 11.4. The van der Waals surface area contributed by atoms with Gasteiger partial charge in [-0.25, -0.2) is 0 Å². The zero-order chi connectivity index (χ0) is 13.2. The number of ketones is 1. The monoisotopic (exact) mass is 108 g/mol. The average Bonchev–Trinajstić information content (AvgIpc) is 2.13. The summed E-state index contributed by atoms with van der Waals surface area (Å²) in [6.45, 7) is -6.47. The van der Waals surface area contributed by atoms with Crippen molar-refractivity contribution in [1.29, 1.82) is 0 Å². The quantitative estimate of drug-likeness (QED) is 0.471. The molecule has 2 heteroatoms. The van der Waals surface area contributed by atoms with Crippen LogP contribution in [0.15, 0.2) is 0 Å². The van der Waals surface area contributed by atoms with E-state index in [1.165, 1.54) is 0 Å². The Balaban J connectivity index is 3.45. The zero-order valence-corrected chi connectivity index (χ0v) is 3.36. The minimum absolute atomic E-state index is 0.471. The van der Waals surface area contributed by atoms with Gasteiger partial charge in [-0.05, 0) is 0 Å². The van der Waals surface area contributed by atoms with Crippen LogP contribution >= 0.6 is 0 Å². The molecule has 0 spiro atoms. The molecule has 2 nitrogen and oxygen atoms in total. The SMILES string of the molecule is [2H]N1C([2H])([2H])C([2H])([2H])C(=O)C([2H])([2H])C1([2H])[2H]. The van der Waals surface area contributed by atoms with Gasteiger partial charge in [0.25, 0.3) is 0 Å². The molecule has 1 fully saturated rings. The van der Waals surface area contributed by atoms with Gasteiger partial charge in [-0.1, -0.05) is 0 Å². The number of hydrogen-bond donors (Lipinski definition) is 1.